The summed E-state index contributed by atoms with van der Waals surface area (Å²) in [6, 6.07) is 4.04. The highest BCUT2D eigenvalue weighted by molar-refractivity contribution is 5.69. The average molecular weight is 272 g/mol. The minimum atomic E-state index is -4.33. The fraction of sp³-hybridized carbons (Fsp3) is 0.571. The summed E-state index contributed by atoms with van der Waals surface area (Å²) in [5.74, 6) is 0. The average Bonchev–Trinajstić information content (AvgIpc) is 2.37. The molecule has 0 amide bonds. The van der Waals surface area contributed by atoms with Gasteiger partial charge in [-0.3, -0.25) is 0 Å². The van der Waals surface area contributed by atoms with E-state index in [4.69, 9.17) is 5.73 Å². The van der Waals surface area contributed by atoms with Crippen LogP contribution in [0.4, 0.5) is 24.5 Å². The van der Waals surface area contributed by atoms with Gasteiger partial charge in [-0.15, -0.1) is 0 Å². The Morgan fingerprint density at radius 2 is 2.05 bits per heavy atom. The lowest BCUT2D eigenvalue weighted by atomic mass is 9.98. The van der Waals surface area contributed by atoms with Crippen LogP contribution in [0.5, 0.6) is 0 Å². The van der Waals surface area contributed by atoms with E-state index in [9.17, 15) is 13.2 Å². The van der Waals surface area contributed by atoms with E-state index in [1.165, 1.54) is 12.5 Å². The number of benzene rings is 1. The second-order valence-corrected chi connectivity index (χ2v) is 5.02. The van der Waals surface area contributed by atoms with Crippen molar-refractivity contribution in [2.45, 2.75) is 44.8 Å². The first kappa shape index (κ1) is 14.0. The van der Waals surface area contributed by atoms with Gasteiger partial charge in [0, 0.05) is 12.6 Å². The molecule has 1 saturated heterocycles. The maximum Gasteiger partial charge on any atom is 0.416 e. The predicted molar refractivity (Wildman–Crippen MR) is 71.1 cm³/mol. The minimum absolute atomic E-state index is 0.218. The van der Waals surface area contributed by atoms with Crippen molar-refractivity contribution in [3.8, 4) is 0 Å². The molecule has 0 aromatic heterocycles. The maximum atomic E-state index is 12.6. The van der Waals surface area contributed by atoms with Gasteiger partial charge in [-0.2, -0.15) is 13.2 Å². The van der Waals surface area contributed by atoms with E-state index in [0.717, 1.165) is 43.6 Å². The Bertz CT molecular complexity index is 443. The van der Waals surface area contributed by atoms with Crippen LogP contribution < -0.4 is 10.6 Å². The van der Waals surface area contributed by atoms with Crippen molar-refractivity contribution in [2.24, 2.45) is 0 Å². The highest BCUT2D eigenvalue weighted by atomic mass is 19.4. The molecule has 0 radical (unpaired) electrons. The smallest absolute Gasteiger partial charge is 0.397 e. The molecular formula is C14H19F3N2. The minimum Gasteiger partial charge on any atom is -0.397 e. The summed E-state index contributed by atoms with van der Waals surface area (Å²) < 4.78 is 37.8. The lowest BCUT2D eigenvalue weighted by Gasteiger charge is -2.38. The van der Waals surface area contributed by atoms with Gasteiger partial charge in [-0.25, -0.2) is 0 Å². The Labute approximate surface area is 111 Å². The standard InChI is InChI=1S/C14H19F3N2/c1-2-11-5-3-4-8-19(11)13-7-6-10(9-12(13)18)14(15,16)17/h6-7,9,11H,2-5,8,18H2,1H3/t11-/m1/s1. The third-order valence-corrected chi connectivity index (χ3v) is 3.76. The molecule has 106 valence electrons. The van der Waals surface area contributed by atoms with Crippen LogP contribution in [0.2, 0.25) is 0 Å². The molecule has 1 atom stereocenters. The first-order chi connectivity index (χ1) is 8.93. The van der Waals surface area contributed by atoms with Crippen molar-refractivity contribution >= 4 is 11.4 Å². The van der Waals surface area contributed by atoms with Gasteiger partial charge in [-0.1, -0.05) is 6.92 Å². The lowest BCUT2D eigenvalue weighted by Crippen LogP contribution is -2.39. The fourth-order valence-corrected chi connectivity index (χ4v) is 2.73. The lowest BCUT2D eigenvalue weighted by molar-refractivity contribution is -0.137. The van der Waals surface area contributed by atoms with Gasteiger partial charge in [0.1, 0.15) is 0 Å². The Kier molecular flexibility index (Phi) is 3.92. The molecule has 1 aromatic rings. The Morgan fingerprint density at radius 3 is 2.63 bits per heavy atom. The zero-order chi connectivity index (χ0) is 14.0. The van der Waals surface area contributed by atoms with Gasteiger partial charge in [0.05, 0.1) is 16.9 Å². The molecule has 1 aromatic carbocycles. The number of nitrogen functional groups attached to an aromatic ring is 1. The number of nitrogens with zero attached hydrogens (tertiary/aromatic N) is 1. The summed E-state index contributed by atoms with van der Waals surface area (Å²) in [4.78, 5) is 2.15. The van der Waals surface area contributed by atoms with Crippen LogP contribution in [-0.4, -0.2) is 12.6 Å². The van der Waals surface area contributed by atoms with E-state index in [0.29, 0.717) is 6.04 Å². The number of piperidine rings is 1. The van der Waals surface area contributed by atoms with E-state index in [1.54, 1.807) is 0 Å². The summed E-state index contributed by atoms with van der Waals surface area (Å²) in [5.41, 5.74) is 6.10. The largest absolute Gasteiger partial charge is 0.416 e. The van der Waals surface area contributed by atoms with E-state index >= 15 is 0 Å². The van der Waals surface area contributed by atoms with E-state index in [-0.39, 0.29) is 5.69 Å². The zero-order valence-corrected chi connectivity index (χ0v) is 11.0. The zero-order valence-electron chi connectivity index (χ0n) is 11.0. The van der Waals surface area contributed by atoms with Crippen molar-refractivity contribution < 1.29 is 13.2 Å². The van der Waals surface area contributed by atoms with Gasteiger partial charge >= 0.3 is 6.18 Å². The predicted octanol–water partition coefficient (Wildman–Crippen LogP) is 4.06. The van der Waals surface area contributed by atoms with Crippen LogP contribution in [0.25, 0.3) is 0 Å². The van der Waals surface area contributed by atoms with Crippen LogP contribution in [-0.2, 0) is 6.18 Å². The summed E-state index contributed by atoms with van der Waals surface area (Å²) in [5, 5.41) is 0. The summed E-state index contributed by atoms with van der Waals surface area (Å²) in [6.07, 6.45) is -0.0252. The number of anilines is 2. The van der Waals surface area contributed by atoms with Gasteiger partial charge < -0.3 is 10.6 Å². The molecule has 1 aliphatic rings. The highest BCUT2D eigenvalue weighted by Crippen LogP contribution is 2.36. The molecule has 0 unspecified atom stereocenters. The number of hydrogen-bond donors (Lipinski definition) is 1. The van der Waals surface area contributed by atoms with E-state index in [2.05, 4.69) is 11.8 Å². The molecule has 1 aliphatic heterocycles. The van der Waals surface area contributed by atoms with Gasteiger partial charge in [-0.05, 0) is 43.9 Å². The molecule has 5 heteroatoms. The van der Waals surface area contributed by atoms with Crippen molar-refractivity contribution in [3.05, 3.63) is 23.8 Å². The van der Waals surface area contributed by atoms with Crippen LogP contribution in [0, 0.1) is 0 Å². The second kappa shape index (κ2) is 5.31. The number of alkyl halides is 3. The van der Waals surface area contributed by atoms with Crippen molar-refractivity contribution in [1.82, 2.24) is 0 Å². The Hall–Kier alpha value is -1.39. The monoisotopic (exact) mass is 272 g/mol. The number of rotatable bonds is 2. The van der Waals surface area contributed by atoms with Crippen LogP contribution >= 0.6 is 0 Å². The SMILES string of the molecule is CC[C@@H]1CCCCN1c1ccc(C(F)(F)F)cc1N. The number of hydrogen-bond acceptors (Lipinski definition) is 2. The highest BCUT2D eigenvalue weighted by Gasteiger charge is 2.31. The van der Waals surface area contributed by atoms with Gasteiger partial charge in [0.25, 0.3) is 0 Å². The van der Waals surface area contributed by atoms with E-state index < -0.39 is 11.7 Å². The topological polar surface area (TPSA) is 29.3 Å². The van der Waals surface area contributed by atoms with Crippen molar-refractivity contribution in [1.29, 1.82) is 0 Å². The first-order valence-corrected chi connectivity index (χ1v) is 6.67. The Balaban J connectivity index is 2.30. The van der Waals surface area contributed by atoms with Crippen LogP contribution in [0.15, 0.2) is 18.2 Å². The molecule has 0 aliphatic carbocycles. The molecule has 2 nitrogen and oxygen atoms in total. The first-order valence-electron chi connectivity index (χ1n) is 6.67. The number of halogens is 3. The molecular weight excluding hydrogens is 253 g/mol. The second-order valence-electron chi connectivity index (χ2n) is 5.02. The van der Waals surface area contributed by atoms with Gasteiger partial charge in [0.15, 0.2) is 0 Å². The molecule has 1 fully saturated rings. The van der Waals surface area contributed by atoms with Crippen LogP contribution in [0.1, 0.15) is 38.2 Å². The molecule has 2 N–H and O–H groups in total. The normalized spacial score (nSPS) is 20.6. The maximum absolute atomic E-state index is 12.6. The molecule has 0 bridgehead atoms. The summed E-state index contributed by atoms with van der Waals surface area (Å²) in [6.45, 7) is 2.97. The summed E-state index contributed by atoms with van der Waals surface area (Å²) in [7, 11) is 0. The molecule has 19 heavy (non-hydrogen) atoms. The molecule has 0 saturated carbocycles. The third kappa shape index (κ3) is 2.96. The Morgan fingerprint density at radius 1 is 1.32 bits per heavy atom. The quantitative estimate of drug-likeness (QED) is 0.823. The molecule has 2 rings (SSSR count). The number of nitrogens with two attached hydrogens (primary N) is 1. The van der Waals surface area contributed by atoms with Crippen LogP contribution in [0.3, 0.4) is 0 Å². The fourth-order valence-electron chi connectivity index (χ4n) is 2.73. The molecule has 0 spiro atoms. The van der Waals surface area contributed by atoms with Crippen molar-refractivity contribution in [3.63, 3.8) is 0 Å². The third-order valence-electron chi connectivity index (χ3n) is 3.76. The molecule has 1 heterocycles. The van der Waals surface area contributed by atoms with E-state index in [1.807, 2.05) is 0 Å². The van der Waals surface area contributed by atoms with Gasteiger partial charge in [0.2, 0.25) is 0 Å². The summed E-state index contributed by atoms with van der Waals surface area (Å²) >= 11 is 0. The van der Waals surface area contributed by atoms with Crippen molar-refractivity contribution in [2.75, 3.05) is 17.2 Å².